The standard InChI is InChI=1S/C29H28.CH4/c1-20-27-17-15-25(23-12-8-5-9-13-23)19-29(27)21(2)26-16-14-24(18-28(20)26)22-10-6-3-4-7-11-22;/h6,8,10-19H,3-5,7,9H2,1-2H3;1H4. The highest BCUT2D eigenvalue weighted by Gasteiger charge is 2.12. The van der Waals surface area contributed by atoms with Crippen molar-refractivity contribution in [3.63, 3.8) is 0 Å². The van der Waals surface area contributed by atoms with Crippen LogP contribution in [0.5, 0.6) is 0 Å². The second-order valence-corrected chi connectivity index (χ2v) is 8.40. The van der Waals surface area contributed by atoms with Gasteiger partial charge in [0, 0.05) is 0 Å². The average molecular weight is 393 g/mol. The van der Waals surface area contributed by atoms with Crippen LogP contribution in [0, 0.1) is 13.8 Å². The van der Waals surface area contributed by atoms with Crippen molar-refractivity contribution in [3.8, 4) is 0 Å². The van der Waals surface area contributed by atoms with Gasteiger partial charge >= 0.3 is 0 Å². The fourth-order valence-electron chi connectivity index (χ4n) is 4.83. The number of rotatable bonds is 2. The zero-order chi connectivity index (χ0) is 19.8. The molecule has 0 amide bonds. The summed E-state index contributed by atoms with van der Waals surface area (Å²) in [6.07, 6.45) is 19.9. The number of benzene rings is 3. The molecular formula is C30H32. The summed E-state index contributed by atoms with van der Waals surface area (Å²) in [4.78, 5) is 0. The highest BCUT2D eigenvalue weighted by atomic mass is 14.2. The minimum absolute atomic E-state index is 0. The van der Waals surface area contributed by atoms with Gasteiger partial charge in [-0.15, -0.1) is 0 Å². The summed E-state index contributed by atoms with van der Waals surface area (Å²) in [5, 5.41) is 5.52. The van der Waals surface area contributed by atoms with Crippen LogP contribution in [0.4, 0.5) is 0 Å². The van der Waals surface area contributed by atoms with Gasteiger partial charge in [0.25, 0.3) is 0 Å². The predicted octanol–water partition coefficient (Wildman–Crippen LogP) is 9.10. The Labute approximate surface area is 181 Å². The average Bonchev–Trinajstić information content (AvgIpc) is 3.07. The van der Waals surface area contributed by atoms with Gasteiger partial charge in [0.2, 0.25) is 0 Å². The van der Waals surface area contributed by atoms with Gasteiger partial charge in [-0.05, 0) is 113 Å². The highest BCUT2D eigenvalue weighted by Crippen LogP contribution is 2.36. The monoisotopic (exact) mass is 392 g/mol. The van der Waals surface area contributed by atoms with Gasteiger partial charge in [-0.1, -0.05) is 68.1 Å². The zero-order valence-corrected chi connectivity index (χ0v) is 17.5. The van der Waals surface area contributed by atoms with Crippen LogP contribution >= 0.6 is 0 Å². The molecule has 0 heterocycles. The maximum absolute atomic E-state index is 2.40. The van der Waals surface area contributed by atoms with Crippen LogP contribution in [0.2, 0.25) is 0 Å². The molecule has 2 aliphatic carbocycles. The Morgan fingerprint density at radius 3 is 1.63 bits per heavy atom. The molecule has 0 saturated heterocycles. The van der Waals surface area contributed by atoms with Gasteiger partial charge in [0.1, 0.15) is 0 Å². The molecule has 0 fully saturated rings. The third-order valence-corrected chi connectivity index (χ3v) is 6.55. The van der Waals surface area contributed by atoms with Crippen LogP contribution < -0.4 is 0 Å². The Hall–Kier alpha value is -2.86. The van der Waals surface area contributed by atoms with E-state index in [0.29, 0.717) is 0 Å². The van der Waals surface area contributed by atoms with E-state index in [1.165, 1.54) is 74.2 Å². The minimum Gasteiger partial charge on any atom is -0.0839 e. The van der Waals surface area contributed by atoms with E-state index in [2.05, 4.69) is 86.7 Å². The minimum atomic E-state index is 0. The first kappa shape index (κ1) is 20.4. The summed E-state index contributed by atoms with van der Waals surface area (Å²) in [6, 6.07) is 14.1. The molecule has 5 rings (SSSR count). The van der Waals surface area contributed by atoms with Crippen molar-refractivity contribution in [1.82, 2.24) is 0 Å². The third kappa shape index (κ3) is 3.56. The first-order chi connectivity index (χ1) is 14.2. The van der Waals surface area contributed by atoms with Crippen molar-refractivity contribution < 1.29 is 0 Å². The Kier molecular flexibility index (Phi) is 5.77. The van der Waals surface area contributed by atoms with E-state index >= 15 is 0 Å². The number of hydrogen-bond donors (Lipinski definition) is 0. The van der Waals surface area contributed by atoms with E-state index in [1.54, 1.807) is 0 Å². The molecule has 0 unspecified atom stereocenters. The molecule has 0 aromatic heterocycles. The van der Waals surface area contributed by atoms with E-state index in [9.17, 15) is 0 Å². The van der Waals surface area contributed by atoms with Gasteiger partial charge < -0.3 is 0 Å². The van der Waals surface area contributed by atoms with Crippen LogP contribution in [0.1, 0.15) is 61.8 Å². The SMILES string of the molecule is C.Cc1c2ccc(C3=CCCCC=C3)cc2c(C)c2ccc(C3=CCCC=C3)cc12. The van der Waals surface area contributed by atoms with Crippen molar-refractivity contribution in [2.75, 3.05) is 0 Å². The molecule has 0 spiro atoms. The van der Waals surface area contributed by atoms with Gasteiger partial charge in [-0.3, -0.25) is 0 Å². The molecule has 30 heavy (non-hydrogen) atoms. The van der Waals surface area contributed by atoms with Crippen molar-refractivity contribution in [1.29, 1.82) is 0 Å². The number of aryl methyl sites for hydroxylation is 2. The third-order valence-electron chi connectivity index (χ3n) is 6.55. The van der Waals surface area contributed by atoms with E-state index in [4.69, 9.17) is 0 Å². The van der Waals surface area contributed by atoms with Crippen LogP contribution in [0.15, 0.2) is 72.9 Å². The first-order valence-electron chi connectivity index (χ1n) is 10.9. The lowest BCUT2D eigenvalue weighted by atomic mass is 9.88. The van der Waals surface area contributed by atoms with Crippen LogP contribution in [-0.4, -0.2) is 0 Å². The molecule has 152 valence electrons. The van der Waals surface area contributed by atoms with Crippen LogP contribution in [0.25, 0.3) is 32.7 Å². The second kappa shape index (κ2) is 8.48. The summed E-state index contributed by atoms with van der Waals surface area (Å²) in [5.41, 5.74) is 8.18. The quantitative estimate of drug-likeness (QED) is 0.381. The molecule has 0 saturated carbocycles. The van der Waals surface area contributed by atoms with Gasteiger partial charge in [0.05, 0.1) is 0 Å². The lowest BCUT2D eigenvalue weighted by Gasteiger charge is -2.16. The number of allylic oxidation sites excluding steroid dienone is 8. The summed E-state index contributed by atoms with van der Waals surface area (Å²) in [7, 11) is 0. The molecule has 0 nitrogen and oxygen atoms in total. The fraction of sp³-hybridized carbons (Fsp3) is 0.267. The summed E-state index contributed by atoms with van der Waals surface area (Å²) in [6.45, 7) is 4.56. The molecule has 0 aliphatic heterocycles. The number of hydrogen-bond acceptors (Lipinski definition) is 0. The molecule has 0 heteroatoms. The predicted molar refractivity (Wildman–Crippen MR) is 135 cm³/mol. The van der Waals surface area contributed by atoms with Crippen LogP contribution in [0.3, 0.4) is 0 Å². The topological polar surface area (TPSA) is 0 Å². The molecule has 2 aliphatic rings. The highest BCUT2D eigenvalue weighted by molar-refractivity contribution is 6.07. The maximum atomic E-state index is 2.40. The molecule has 0 radical (unpaired) electrons. The molecule has 0 N–H and O–H groups in total. The molecule has 0 bridgehead atoms. The van der Waals surface area contributed by atoms with Crippen molar-refractivity contribution in [2.45, 2.75) is 53.4 Å². The van der Waals surface area contributed by atoms with Crippen molar-refractivity contribution in [3.05, 3.63) is 95.1 Å². The normalized spacial score (nSPS) is 16.2. The lowest BCUT2D eigenvalue weighted by molar-refractivity contribution is 0.876. The molecule has 3 aromatic carbocycles. The van der Waals surface area contributed by atoms with Crippen LogP contribution in [-0.2, 0) is 0 Å². The van der Waals surface area contributed by atoms with Crippen molar-refractivity contribution in [2.24, 2.45) is 0 Å². The largest absolute Gasteiger partial charge is 0.0839 e. The molecular weight excluding hydrogens is 360 g/mol. The molecule has 3 aromatic rings. The Morgan fingerprint density at radius 2 is 1.10 bits per heavy atom. The van der Waals surface area contributed by atoms with Crippen molar-refractivity contribution >= 4 is 32.7 Å². The summed E-state index contributed by atoms with van der Waals surface area (Å²) < 4.78 is 0. The molecule has 0 atom stereocenters. The van der Waals surface area contributed by atoms with E-state index in [-0.39, 0.29) is 7.43 Å². The smallest absolute Gasteiger partial charge is 0.0139 e. The van der Waals surface area contributed by atoms with E-state index in [0.717, 1.165) is 12.8 Å². The summed E-state index contributed by atoms with van der Waals surface area (Å²) in [5.74, 6) is 0. The Morgan fingerprint density at radius 1 is 0.567 bits per heavy atom. The van der Waals surface area contributed by atoms with Gasteiger partial charge in [0.15, 0.2) is 0 Å². The maximum Gasteiger partial charge on any atom is -0.0139 e. The number of fused-ring (bicyclic) bond motifs is 2. The Bertz CT molecular complexity index is 1230. The Balaban J connectivity index is 0.00000218. The zero-order valence-electron chi connectivity index (χ0n) is 17.5. The van der Waals surface area contributed by atoms with E-state index in [1.807, 2.05) is 0 Å². The fourth-order valence-corrected chi connectivity index (χ4v) is 4.83. The second-order valence-electron chi connectivity index (χ2n) is 8.40. The lowest BCUT2D eigenvalue weighted by Crippen LogP contribution is -1.92. The van der Waals surface area contributed by atoms with Gasteiger partial charge in [-0.2, -0.15) is 0 Å². The summed E-state index contributed by atoms with van der Waals surface area (Å²) >= 11 is 0. The van der Waals surface area contributed by atoms with E-state index < -0.39 is 0 Å². The van der Waals surface area contributed by atoms with Gasteiger partial charge in [-0.25, -0.2) is 0 Å². The first-order valence-corrected chi connectivity index (χ1v) is 10.9.